The van der Waals surface area contributed by atoms with Gasteiger partial charge in [-0.05, 0) is 54.6 Å². The van der Waals surface area contributed by atoms with E-state index in [9.17, 15) is 9.18 Å². The number of hydrogen-bond acceptors (Lipinski definition) is 7. The average Bonchev–Trinajstić information content (AvgIpc) is 3.36. The highest BCUT2D eigenvalue weighted by Crippen LogP contribution is 2.30. The van der Waals surface area contributed by atoms with Gasteiger partial charge in [0.25, 0.3) is 0 Å². The van der Waals surface area contributed by atoms with Crippen LogP contribution in [0.2, 0.25) is 0 Å². The number of amides is 1. The minimum Gasteiger partial charge on any atom is -0.497 e. The fourth-order valence-electron chi connectivity index (χ4n) is 3.43. The van der Waals surface area contributed by atoms with Gasteiger partial charge in [-0.2, -0.15) is 0 Å². The number of carbonyl (C=O) groups excluding carboxylic acids is 1. The smallest absolute Gasteiger partial charge is 0.236 e. The van der Waals surface area contributed by atoms with Crippen LogP contribution in [-0.4, -0.2) is 33.7 Å². The number of ether oxygens (including phenoxy) is 1. The number of nitrogens with zero attached hydrogens (tertiary/aromatic N) is 3. The van der Waals surface area contributed by atoms with E-state index in [1.165, 1.54) is 35.2 Å². The predicted octanol–water partition coefficient (Wildman–Crippen LogP) is 7.06. The summed E-state index contributed by atoms with van der Waals surface area (Å²) in [6.07, 6.45) is 0. The lowest BCUT2D eigenvalue weighted by Gasteiger charge is -2.09. The highest BCUT2D eigenvalue weighted by Gasteiger charge is 2.14. The van der Waals surface area contributed by atoms with E-state index < -0.39 is 0 Å². The molecule has 0 bridgehead atoms. The predicted molar refractivity (Wildman–Crippen MR) is 146 cm³/mol. The number of aromatic nitrogens is 3. The van der Waals surface area contributed by atoms with Crippen LogP contribution in [0, 0.1) is 5.82 Å². The van der Waals surface area contributed by atoms with Gasteiger partial charge < -0.3 is 10.1 Å². The first-order valence-electron chi connectivity index (χ1n) is 10.7. The van der Waals surface area contributed by atoms with Gasteiger partial charge in [-0.3, -0.25) is 4.79 Å². The standard InChI is InChI=1S/C26H18BrFN4O2S2/c1-34-19-9-4-15(5-10-19)22-13-36-26(30-22)31-23(33)14-35-25-20-12-18(28)8-11-21(20)29-24(32-25)16-2-6-17(27)7-3-16/h2-13H,14H2,1H3,(H,30,31,33). The second-order valence-electron chi connectivity index (χ2n) is 7.62. The summed E-state index contributed by atoms with van der Waals surface area (Å²) in [7, 11) is 1.62. The first-order valence-corrected chi connectivity index (χ1v) is 13.4. The lowest BCUT2D eigenvalue weighted by Crippen LogP contribution is -2.14. The SMILES string of the molecule is COc1ccc(-c2csc(NC(=O)CSc3nc(-c4ccc(Br)cc4)nc4ccc(F)cc34)n2)cc1. The van der Waals surface area contributed by atoms with Gasteiger partial charge in [0.05, 0.1) is 24.1 Å². The van der Waals surface area contributed by atoms with E-state index in [1.54, 1.807) is 13.2 Å². The monoisotopic (exact) mass is 580 g/mol. The maximum atomic E-state index is 14.0. The first-order chi connectivity index (χ1) is 17.5. The summed E-state index contributed by atoms with van der Waals surface area (Å²) in [5.41, 5.74) is 3.12. The van der Waals surface area contributed by atoms with Crippen molar-refractivity contribution in [2.75, 3.05) is 18.2 Å². The molecule has 0 unspecified atom stereocenters. The molecular formula is C26H18BrFN4O2S2. The number of anilines is 1. The Morgan fingerprint density at radius 2 is 1.78 bits per heavy atom. The largest absolute Gasteiger partial charge is 0.497 e. The van der Waals surface area contributed by atoms with Crippen molar-refractivity contribution in [1.82, 2.24) is 15.0 Å². The van der Waals surface area contributed by atoms with Gasteiger partial charge in [-0.15, -0.1) is 11.3 Å². The van der Waals surface area contributed by atoms with Crippen molar-refractivity contribution in [3.63, 3.8) is 0 Å². The van der Waals surface area contributed by atoms with Crippen molar-refractivity contribution in [1.29, 1.82) is 0 Å². The highest BCUT2D eigenvalue weighted by molar-refractivity contribution is 9.10. The molecule has 0 saturated carbocycles. The maximum absolute atomic E-state index is 14.0. The zero-order valence-corrected chi connectivity index (χ0v) is 22.1. The Morgan fingerprint density at radius 1 is 1.03 bits per heavy atom. The van der Waals surface area contributed by atoms with E-state index in [0.29, 0.717) is 26.9 Å². The van der Waals surface area contributed by atoms with Crippen molar-refractivity contribution in [2.24, 2.45) is 0 Å². The molecule has 5 aromatic rings. The van der Waals surface area contributed by atoms with Gasteiger partial charge in [-0.1, -0.05) is 39.8 Å². The van der Waals surface area contributed by atoms with E-state index >= 15 is 0 Å². The van der Waals surface area contributed by atoms with Crippen molar-refractivity contribution in [2.45, 2.75) is 5.03 Å². The maximum Gasteiger partial charge on any atom is 0.236 e. The van der Waals surface area contributed by atoms with E-state index in [2.05, 4.69) is 36.2 Å². The van der Waals surface area contributed by atoms with Gasteiger partial charge in [0.1, 0.15) is 16.6 Å². The van der Waals surface area contributed by atoms with Gasteiger partial charge in [0, 0.05) is 26.4 Å². The number of hydrogen-bond donors (Lipinski definition) is 1. The number of rotatable bonds is 7. The van der Waals surface area contributed by atoms with Crippen LogP contribution in [-0.2, 0) is 4.79 Å². The molecule has 6 nitrogen and oxygen atoms in total. The molecule has 0 fully saturated rings. The number of benzene rings is 3. The molecule has 0 aliphatic carbocycles. The summed E-state index contributed by atoms with van der Waals surface area (Å²) in [5, 5.41) is 6.32. The fraction of sp³-hybridized carbons (Fsp3) is 0.0769. The third-order valence-corrected chi connectivity index (χ3v) is 7.48. The molecule has 10 heteroatoms. The molecule has 0 radical (unpaired) electrons. The molecule has 0 aliphatic rings. The van der Waals surface area contributed by atoms with Gasteiger partial charge >= 0.3 is 0 Å². The number of fused-ring (bicyclic) bond motifs is 1. The molecule has 1 N–H and O–H groups in total. The molecule has 5 rings (SSSR count). The molecule has 1 amide bonds. The number of thiazole rings is 1. The first kappa shape index (κ1) is 24.4. The summed E-state index contributed by atoms with van der Waals surface area (Å²) >= 11 is 6.00. The summed E-state index contributed by atoms with van der Waals surface area (Å²) in [6.45, 7) is 0. The van der Waals surface area contributed by atoms with Crippen molar-refractivity contribution >= 4 is 61.0 Å². The minimum atomic E-state index is -0.386. The van der Waals surface area contributed by atoms with Crippen molar-refractivity contribution < 1.29 is 13.9 Å². The van der Waals surface area contributed by atoms with Crippen LogP contribution >= 0.6 is 39.0 Å². The second kappa shape index (κ2) is 10.7. The molecule has 0 saturated heterocycles. The lowest BCUT2D eigenvalue weighted by molar-refractivity contribution is -0.113. The Kier molecular flexibility index (Phi) is 7.26. The van der Waals surface area contributed by atoms with E-state index in [0.717, 1.165) is 27.0 Å². The molecule has 0 aliphatic heterocycles. The van der Waals surface area contributed by atoms with Crippen LogP contribution in [0.1, 0.15) is 0 Å². The van der Waals surface area contributed by atoms with E-state index in [1.807, 2.05) is 53.9 Å². The molecule has 0 spiro atoms. The number of carbonyl (C=O) groups is 1. The summed E-state index contributed by atoms with van der Waals surface area (Å²) in [4.78, 5) is 26.5. The molecule has 3 aromatic carbocycles. The van der Waals surface area contributed by atoms with Gasteiger partial charge in [0.2, 0.25) is 5.91 Å². The highest BCUT2D eigenvalue weighted by atomic mass is 79.9. The molecule has 2 heterocycles. The number of methoxy groups -OCH3 is 1. The Bertz CT molecular complexity index is 1540. The van der Waals surface area contributed by atoms with Crippen LogP contribution < -0.4 is 10.1 Å². The third-order valence-electron chi connectivity index (χ3n) is 5.20. The second-order valence-corrected chi connectivity index (χ2v) is 10.4. The number of nitrogens with one attached hydrogen (secondary N) is 1. The quantitative estimate of drug-likeness (QED) is 0.164. The third kappa shape index (κ3) is 5.56. The van der Waals surface area contributed by atoms with Crippen LogP contribution in [0.4, 0.5) is 9.52 Å². The summed E-state index contributed by atoms with van der Waals surface area (Å²) in [6, 6.07) is 19.5. The Morgan fingerprint density at radius 3 is 2.53 bits per heavy atom. The normalized spacial score (nSPS) is 11.0. The van der Waals surface area contributed by atoms with Crippen molar-refractivity contribution in [3.8, 4) is 28.4 Å². The fourth-order valence-corrected chi connectivity index (χ4v) is 5.24. The zero-order valence-electron chi connectivity index (χ0n) is 18.9. The topological polar surface area (TPSA) is 77.0 Å². The number of thioether (sulfide) groups is 1. The Hall–Kier alpha value is -3.34. The van der Waals surface area contributed by atoms with Crippen LogP contribution in [0.15, 0.2) is 81.6 Å². The average molecular weight is 581 g/mol. The van der Waals surface area contributed by atoms with Crippen LogP contribution in [0.5, 0.6) is 5.75 Å². The Labute approximate surface area is 223 Å². The van der Waals surface area contributed by atoms with E-state index in [4.69, 9.17) is 4.74 Å². The van der Waals surface area contributed by atoms with Crippen LogP contribution in [0.25, 0.3) is 33.5 Å². The summed E-state index contributed by atoms with van der Waals surface area (Å²) < 4.78 is 20.1. The molecular weight excluding hydrogens is 563 g/mol. The number of halogens is 2. The van der Waals surface area contributed by atoms with E-state index in [-0.39, 0.29) is 17.5 Å². The minimum absolute atomic E-state index is 0.0832. The molecule has 2 aromatic heterocycles. The van der Waals surface area contributed by atoms with Crippen molar-refractivity contribution in [3.05, 3.63) is 82.4 Å². The summed E-state index contributed by atoms with van der Waals surface area (Å²) in [5.74, 6) is 0.736. The molecule has 36 heavy (non-hydrogen) atoms. The van der Waals surface area contributed by atoms with Gasteiger partial charge in [0.15, 0.2) is 11.0 Å². The van der Waals surface area contributed by atoms with Crippen LogP contribution in [0.3, 0.4) is 0 Å². The molecule has 180 valence electrons. The zero-order chi connectivity index (χ0) is 25.1. The Balaban J connectivity index is 1.33. The lowest BCUT2D eigenvalue weighted by atomic mass is 10.2. The van der Waals surface area contributed by atoms with Gasteiger partial charge in [-0.25, -0.2) is 19.3 Å². The molecule has 0 atom stereocenters.